The molecule has 0 heterocycles. The van der Waals surface area contributed by atoms with Crippen molar-refractivity contribution < 1.29 is 0 Å². The third-order valence-corrected chi connectivity index (χ3v) is 10.8. The highest BCUT2D eigenvalue weighted by Gasteiger charge is 2.38. The minimum Gasteiger partial charge on any atom is -0.0851 e. The zero-order valence-corrected chi connectivity index (χ0v) is 15.0. The van der Waals surface area contributed by atoms with E-state index in [-0.39, 0.29) is 0 Å². The van der Waals surface area contributed by atoms with E-state index in [1.54, 1.807) is 10.4 Å². The largest absolute Gasteiger partial charge is 0.115 e. The van der Waals surface area contributed by atoms with Gasteiger partial charge in [0.25, 0.3) is 0 Å². The highest BCUT2D eigenvalue weighted by molar-refractivity contribution is 7.01. The Morgan fingerprint density at radius 3 is 1.91 bits per heavy atom. The summed E-state index contributed by atoms with van der Waals surface area (Å²) in [7, 11) is -1.62. The summed E-state index contributed by atoms with van der Waals surface area (Å²) in [6.45, 7) is 2.57. The van der Waals surface area contributed by atoms with Crippen molar-refractivity contribution in [1.29, 1.82) is 0 Å². The van der Waals surface area contributed by atoms with Crippen molar-refractivity contribution in [2.75, 3.05) is 0 Å². The first-order valence-electron chi connectivity index (χ1n) is 9.05. The Kier molecular flexibility index (Phi) is 3.98. The van der Waals surface area contributed by atoms with Crippen molar-refractivity contribution in [1.82, 2.24) is 0 Å². The zero-order valence-electron chi connectivity index (χ0n) is 14.0. The van der Waals surface area contributed by atoms with Crippen LogP contribution in [-0.4, -0.2) is 8.07 Å². The molecule has 2 aromatic rings. The van der Waals surface area contributed by atoms with Gasteiger partial charge in [-0.15, -0.1) is 0 Å². The molecule has 2 aliphatic rings. The fourth-order valence-electron chi connectivity index (χ4n) is 4.77. The number of allylic oxidation sites excluding steroid dienone is 2. The number of hydrogen-bond donors (Lipinski definition) is 0. The molecule has 1 heteroatoms. The van der Waals surface area contributed by atoms with Crippen molar-refractivity contribution in [2.45, 2.75) is 31.9 Å². The van der Waals surface area contributed by atoms with Gasteiger partial charge in [-0.2, -0.15) is 0 Å². The second kappa shape index (κ2) is 6.12. The Bertz CT molecular complexity index is 634. The quantitative estimate of drug-likeness (QED) is 0.563. The predicted molar refractivity (Wildman–Crippen MR) is 102 cm³/mol. The summed E-state index contributed by atoms with van der Waals surface area (Å²) in [5.41, 5.74) is 0. The molecule has 0 nitrogen and oxygen atoms in total. The topological polar surface area (TPSA) is 0 Å². The van der Waals surface area contributed by atoms with Crippen LogP contribution in [-0.2, 0) is 0 Å². The van der Waals surface area contributed by atoms with E-state index < -0.39 is 8.07 Å². The van der Waals surface area contributed by atoms with E-state index in [1.165, 1.54) is 25.3 Å². The van der Waals surface area contributed by atoms with E-state index >= 15 is 0 Å². The van der Waals surface area contributed by atoms with E-state index in [0.29, 0.717) is 0 Å². The molecule has 23 heavy (non-hydrogen) atoms. The molecule has 3 unspecified atom stereocenters. The van der Waals surface area contributed by atoms with Gasteiger partial charge in [0, 0.05) is 0 Å². The summed E-state index contributed by atoms with van der Waals surface area (Å²) in [4.78, 5) is 0. The Hall–Kier alpha value is -1.60. The lowest BCUT2D eigenvalue weighted by atomic mass is 9.91. The Labute approximate surface area is 141 Å². The highest BCUT2D eigenvalue weighted by atomic mass is 28.3. The van der Waals surface area contributed by atoms with Crippen LogP contribution < -0.4 is 10.4 Å². The van der Waals surface area contributed by atoms with Gasteiger partial charge in [-0.3, -0.25) is 0 Å². The zero-order chi connectivity index (χ0) is 15.7. The van der Waals surface area contributed by atoms with Crippen LogP contribution in [0.4, 0.5) is 0 Å². The smallest absolute Gasteiger partial charge is 0.0851 e. The number of benzene rings is 2. The van der Waals surface area contributed by atoms with Gasteiger partial charge in [0.2, 0.25) is 0 Å². The van der Waals surface area contributed by atoms with E-state index in [2.05, 4.69) is 79.4 Å². The Morgan fingerprint density at radius 1 is 0.826 bits per heavy atom. The number of rotatable bonds is 5. The van der Waals surface area contributed by atoms with Crippen molar-refractivity contribution in [3.63, 3.8) is 0 Å². The molecule has 0 radical (unpaired) electrons. The van der Waals surface area contributed by atoms with Crippen LogP contribution in [0.15, 0.2) is 72.8 Å². The molecule has 1 fully saturated rings. The highest BCUT2D eigenvalue weighted by Crippen LogP contribution is 2.45. The van der Waals surface area contributed by atoms with Gasteiger partial charge >= 0.3 is 0 Å². The first-order valence-corrected chi connectivity index (χ1v) is 11.8. The molecule has 0 aromatic heterocycles. The predicted octanol–water partition coefficient (Wildman–Crippen LogP) is 4.48. The van der Waals surface area contributed by atoms with Gasteiger partial charge in [-0.1, -0.05) is 96.2 Å². The third-order valence-electron chi connectivity index (χ3n) is 6.25. The van der Waals surface area contributed by atoms with Gasteiger partial charge in [-0.25, -0.2) is 0 Å². The van der Waals surface area contributed by atoms with Crippen LogP contribution in [0.25, 0.3) is 0 Å². The van der Waals surface area contributed by atoms with Gasteiger partial charge in [0.15, 0.2) is 0 Å². The molecular formula is C22H26Si. The summed E-state index contributed by atoms with van der Waals surface area (Å²) in [6, 6.07) is 24.0. The fraction of sp³-hybridized carbons (Fsp3) is 0.364. The minimum absolute atomic E-state index is 0.879. The fourth-order valence-corrected chi connectivity index (χ4v) is 8.48. The molecule has 2 aromatic carbocycles. The first-order chi connectivity index (χ1) is 11.3. The molecular weight excluding hydrogens is 292 g/mol. The summed E-state index contributed by atoms with van der Waals surface area (Å²) >= 11 is 0. The van der Waals surface area contributed by atoms with Gasteiger partial charge in [0.1, 0.15) is 8.07 Å². The lowest BCUT2D eigenvalue weighted by Crippen LogP contribution is -2.55. The average Bonchev–Trinajstić information content (AvgIpc) is 3.24. The molecule has 0 amide bonds. The van der Waals surface area contributed by atoms with Gasteiger partial charge < -0.3 is 0 Å². The van der Waals surface area contributed by atoms with Crippen molar-refractivity contribution in [3.8, 4) is 0 Å². The lowest BCUT2D eigenvalue weighted by Gasteiger charge is -2.31. The van der Waals surface area contributed by atoms with Gasteiger partial charge in [0.05, 0.1) is 0 Å². The van der Waals surface area contributed by atoms with Crippen molar-refractivity contribution >= 4 is 18.4 Å². The van der Waals surface area contributed by atoms with Crippen LogP contribution in [0.3, 0.4) is 0 Å². The van der Waals surface area contributed by atoms with E-state index in [1.807, 2.05) is 0 Å². The second-order valence-corrected chi connectivity index (χ2v) is 12.0. The number of fused-ring (bicyclic) bond motifs is 2. The monoisotopic (exact) mass is 318 g/mol. The molecule has 0 N–H and O–H groups in total. The van der Waals surface area contributed by atoms with E-state index in [0.717, 1.165) is 17.8 Å². The standard InChI is InChI=1S/C22H26Si/c1-23(21-8-4-2-5-9-21,22-10-6-3-7-11-22)15-14-20-17-18-12-13-19(20)16-18/h2-13,18-20H,14-17H2,1H3. The molecule has 2 aliphatic carbocycles. The van der Waals surface area contributed by atoms with E-state index in [9.17, 15) is 0 Å². The molecule has 2 bridgehead atoms. The van der Waals surface area contributed by atoms with Crippen LogP contribution in [0.1, 0.15) is 19.3 Å². The summed E-state index contributed by atoms with van der Waals surface area (Å²) in [5, 5.41) is 3.18. The molecule has 0 spiro atoms. The van der Waals surface area contributed by atoms with Crippen LogP contribution >= 0.6 is 0 Å². The van der Waals surface area contributed by atoms with Crippen LogP contribution in [0.2, 0.25) is 12.6 Å². The minimum atomic E-state index is -1.62. The Balaban J connectivity index is 1.59. The summed E-state index contributed by atoms with van der Waals surface area (Å²) in [5.74, 6) is 2.71. The molecule has 1 saturated carbocycles. The molecule has 4 rings (SSSR count). The van der Waals surface area contributed by atoms with Gasteiger partial charge in [-0.05, 0) is 36.6 Å². The van der Waals surface area contributed by atoms with E-state index in [4.69, 9.17) is 0 Å². The summed E-state index contributed by atoms with van der Waals surface area (Å²) < 4.78 is 0. The second-order valence-electron chi connectivity index (χ2n) is 7.64. The molecule has 118 valence electrons. The van der Waals surface area contributed by atoms with Crippen LogP contribution in [0, 0.1) is 17.8 Å². The normalized spacial score (nSPS) is 25.9. The maximum absolute atomic E-state index is 2.57. The lowest BCUT2D eigenvalue weighted by molar-refractivity contribution is 0.433. The average molecular weight is 319 g/mol. The maximum atomic E-state index is 2.57. The number of hydrogen-bond acceptors (Lipinski definition) is 0. The molecule has 0 saturated heterocycles. The van der Waals surface area contributed by atoms with Crippen molar-refractivity contribution in [2.24, 2.45) is 17.8 Å². The summed E-state index contributed by atoms with van der Waals surface area (Å²) in [6.07, 6.45) is 9.24. The van der Waals surface area contributed by atoms with Crippen molar-refractivity contribution in [3.05, 3.63) is 72.8 Å². The Morgan fingerprint density at radius 2 is 1.43 bits per heavy atom. The molecule has 3 atom stereocenters. The SMILES string of the molecule is C[Si](CCC1CC2C=CC1C2)(c1ccccc1)c1ccccc1. The first kappa shape index (κ1) is 15.0. The third kappa shape index (κ3) is 2.83. The maximum Gasteiger partial charge on any atom is 0.115 e. The molecule has 0 aliphatic heterocycles. The van der Waals surface area contributed by atoms with Crippen LogP contribution in [0.5, 0.6) is 0 Å².